The first-order valence-corrected chi connectivity index (χ1v) is 7.61. The SMILES string of the molecule is CC1CCCCC1.CCc1cnc2nc(N)[nH]c(=O)c2n1. The molecule has 21 heavy (non-hydrogen) atoms. The lowest BCUT2D eigenvalue weighted by Crippen LogP contribution is -2.14. The molecule has 1 aliphatic rings. The maximum absolute atomic E-state index is 11.4. The summed E-state index contributed by atoms with van der Waals surface area (Å²) < 4.78 is 0. The van der Waals surface area contributed by atoms with Crippen LogP contribution in [0.2, 0.25) is 0 Å². The third kappa shape index (κ3) is 4.24. The van der Waals surface area contributed by atoms with Gasteiger partial charge in [-0.1, -0.05) is 46.0 Å². The molecule has 2 aromatic heterocycles. The van der Waals surface area contributed by atoms with Gasteiger partial charge in [0.2, 0.25) is 5.95 Å². The lowest BCUT2D eigenvalue weighted by atomic mass is 9.91. The number of nitrogen functional groups attached to an aromatic ring is 1. The zero-order valence-corrected chi connectivity index (χ0v) is 12.7. The van der Waals surface area contributed by atoms with Gasteiger partial charge >= 0.3 is 0 Å². The summed E-state index contributed by atoms with van der Waals surface area (Å²) >= 11 is 0. The van der Waals surface area contributed by atoms with E-state index in [1.54, 1.807) is 6.20 Å². The number of aromatic nitrogens is 4. The van der Waals surface area contributed by atoms with E-state index >= 15 is 0 Å². The summed E-state index contributed by atoms with van der Waals surface area (Å²) in [5.74, 6) is 1.09. The van der Waals surface area contributed by atoms with E-state index < -0.39 is 0 Å². The third-order valence-corrected chi connectivity index (χ3v) is 3.74. The highest BCUT2D eigenvalue weighted by molar-refractivity contribution is 5.69. The van der Waals surface area contributed by atoms with E-state index in [0.717, 1.165) is 18.0 Å². The molecule has 6 nitrogen and oxygen atoms in total. The average Bonchev–Trinajstić information content (AvgIpc) is 2.48. The zero-order valence-electron chi connectivity index (χ0n) is 12.7. The van der Waals surface area contributed by atoms with Crippen molar-refractivity contribution in [1.82, 2.24) is 19.9 Å². The Kier molecular flexibility index (Phi) is 5.25. The van der Waals surface area contributed by atoms with Gasteiger partial charge in [-0.15, -0.1) is 0 Å². The summed E-state index contributed by atoms with van der Waals surface area (Å²) in [6, 6.07) is 0. The largest absolute Gasteiger partial charge is 0.369 e. The van der Waals surface area contributed by atoms with Crippen LogP contribution in [0.5, 0.6) is 0 Å². The Hall–Kier alpha value is -1.98. The molecule has 2 aromatic rings. The van der Waals surface area contributed by atoms with Gasteiger partial charge in [-0.3, -0.25) is 9.78 Å². The summed E-state index contributed by atoms with van der Waals surface area (Å²) in [5.41, 5.74) is 6.28. The molecule has 0 aromatic carbocycles. The van der Waals surface area contributed by atoms with Crippen LogP contribution in [0.3, 0.4) is 0 Å². The summed E-state index contributed by atoms with van der Waals surface area (Å²) in [7, 11) is 0. The lowest BCUT2D eigenvalue weighted by Gasteiger charge is -2.15. The summed E-state index contributed by atoms with van der Waals surface area (Å²) in [6.07, 6.45) is 9.76. The van der Waals surface area contributed by atoms with Crippen molar-refractivity contribution in [2.75, 3.05) is 5.73 Å². The van der Waals surface area contributed by atoms with E-state index in [0.29, 0.717) is 0 Å². The molecule has 0 atom stereocenters. The number of aromatic amines is 1. The van der Waals surface area contributed by atoms with Crippen LogP contribution < -0.4 is 11.3 Å². The lowest BCUT2D eigenvalue weighted by molar-refractivity contribution is 0.385. The van der Waals surface area contributed by atoms with Gasteiger partial charge in [0, 0.05) is 0 Å². The number of fused-ring (bicyclic) bond motifs is 1. The number of aryl methyl sites for hydroxylation is 1. The first kappa shape index (κ1) is 15.4. The van der Waals surface area contributed by atoms with E-state index in [4.69, 9.17) is 5.73 Å². The fourth-order valence-corrected chi connectivity index (χ4v) is 2.45. The van der Waals surface area contributed by atoms with Crippen molar-refractivity contribution < 1.29 is 0 Å². The van der Waals surface area contributed by atoms with Gasteiger partial charge in [0.05, 0.1) is 11.9 Å². The molecule has 0 bridgehead atoms. The van der Waals surface area contributed by atoms with Gasteiger partial charge in [-0.2, -0.15) is 4.98 Å². The maximum atomic E-state index is 11.4. The topological polar surface area (TPSA) is 97.5 Å². The Balaban J connectivity index is 0.000000194. The minimum atomic E-state index is -0.352. The molecule has 3 N–H and O–H groups in total. The Labute approximate surface area is 124 Å². The Bertz CT molecular complexity index is 646. The highest BCUT2D eigenvalue weighted by atomic mass is 16.1. The standard InChI is InChI=1S/C8H9N5O.C7H14/c1-2-4-3-10-6-5(11-4)7(14)13-8(9)12-6;1-7-5-3-2-4-6-7/h3H,2H2,1H3,(H3,9,10,12,13,14);7H,2-6H2,1H3. The number of H-pyrrole nitrogens is 1. The Morgan fingerprint density at radius 2 is 2.00 bits per heavy atom. The minimum Gasteiger partial charge on any atom is -0.369 e. The van der Waals surface area contributed by atoms with Crippen molar-refractivity contribution in [3.05, 3.63) is 22.2 Å². The van der Waals surface area contributed by atoms with Crippen LogP contribution in [-0.4, -0.2) is 19.9 Å². The Morgan fingerprint density at radius 3 is 2.57 bits per heavy atom. The fourth-order valence-electron chi connectivity index (χ4n) is 2.45. The number of nitrogens with one attached hydrogen (secondary N) is 1. The van der Waals surface area contributed by atoms with E-state index in [1.807, 2.05) is 6.92 Å². The normalized spacial score (nSPS) is 15.5. The van der Waals surface area contributed by atoms with Crippen LogP contribution in [0.1, 0.15) is 51.6 Å². The van der Waals surface area contributed by atoms with Crippen LogP contribution in [0.25, 0.3) is 11.2 Å². The molecule has 114 valence electrons. The van der Waals surface area contributed by atoms with Crippen molar-refractivity contribution in [2.45, 2.75) is 52.4 Å². The van der Waals surface area contributed by atoms with Crippen molar-refractivity contribution in [3.63, 3.8) is 0 Å². The zero-order chi connectivity index (χ0) is 15.2. The molecular formula is C15H23N5O. The number of anilines is 1. The highest BCUT2D eigenvalue weighted by Crippen LogP contribution is 2.22. The molecule has 0 radical (unpaired) electrons. The monoisotopic (exact) mass is 289 g/mol. The number of rotatable bonds is 1. The average molecular weight is 289 g/mol. The molecule has 0 amide bonds. The second-order valence-corrected chi connectivity index (χ2v) is 5.58. The number of nitrogens with two attached hydrogens (primary N) is 1. The number of hydrogen-bond acceptors (Lipinski definition) is 5. The molecule has 1 fully saturated rings. The van der Waals surface area contributed by atoms with Crippen LogP contribution in [0.15, 0.2) is 11.0 Å². The fraction of sp³-hybridized carbons (Fsp3) is 0.600. The van der Waals surface area contributed by atoms with Crippen LogP contribution >= 0.6 is 0 Å². The van der Waals surface area contributed by atoms with E-state index in [1.165, 1.54) is 32.1 Å². The number of hydrogen-bond donors (Lipinski definition) is 2. The first-order valence-electron chi connectivity index (χ1n) is 7.61. The number of nitrogens with zero attached hydrogens (tertiary/aromatic N) is 3. The minimum absolute atomic E-state index is 0.0565. The summed E-state index contributed by atoms with van der Waals surface area (Å²) in [5, 5.41) is 0. The molecular weight excluding hydrogens is 266 g/mol. The molecule has 1 saturated carbocycles. The van der Waals surface area contributed by atoms with Gasteiger partial charge in [0.25, 0.3) is 5.56 Å². The molecule has 3 rings (SSSR count). The van der Waals surface area contributed by atoms with Crippen molar-refractivity contribution >= 4 is 17.1 Å². The molecule has 0 saturated heterocycles. The van der Waals surface area contributed by atoms with E-state index in [9.17, 15) is 4.79 Å². The molecule has 1 aliphatic carbocycles. The molecule has 6 heteroatoms. The third-order valence-electron chi connectivity index (χ3n) is 3.74. The van der Waals surface area contributed by atoms with Gasteiger partial charge < -0.3 is 5.73 Å². The van der Waals surface area contributed by atoms with Crippen LogP contribution in [0.4, 0.5) is 5.95 Å². The van der Waals surface area contributed by atoms with E-state index in [2.05, 4.69) is 26.9 Å². The van der Waals surface area contributed by atoms with Crippen LogP contribution in [0, 0.1) is 5.92 Å². The predicted octanol–water partition coefficient (Wildman–Crippen LogP) is 2.44. The molecule has 0 spiro atoms. The van der Waals surface area contributed by atoms with E-state index in [-0.39, 0.29) is 22.7 Å². The van der Waals surface area contributed by atoms with Gasteiger partial charge in [0.1, 0.15) is 0 Å². The second kappa shape index (κ2) is 7.15. The summed E-state index contributed by atoms with van der Waals surface area (Å²) in [4.78, 5) is 25.7. The van der Waals surface area contributed by atoms with Gasteiger partial charge in [0.15, 0.2) is 11.2 Å². The Morgan fingerprint density at radius 1 is 1.29 bits per heavy atom. The molecule has 0 unspecified atom stereocenters. The van der Waals surface area contributed by atoms with Crippen LogP contribution in [-0.2, 0) is 6.42 Å². The first-order chi connectivity index (χ1) is 10.1. The predicted molar refractivity (Wildman–Crippen MR) is 84.0 cm³/mol. The smallest absolute Gasteiger partial charge is 0.280 e. The maximum Gasteiger partial charge on any atom is 0.280 e. The summed E-state index contributed by atoms with van der Waals surface area (Å²) in [6.45, 7) is 4.30. The van der Waals surface area contributed by atoms with Crippen molar-refractivity contribution in [1.29, 1.82) is 0 Å². The highest BCUT2D eigenvalue weighted by Gasteiger charge is 2.06. The molecule has 2 heterocycles. The second-order valence-electron chi connectivity index (χ2n) is 5.58. The van der Waals surface area contributed by atoms with Crippen molar-refractivity contribution in [3.8, 4) is 0 Å². The van der Waals surface area contributed by atoms with Crippen molar-refractivity contribution in [2.24, 2.45) is 5.92 Å². The quantitative estimate of drug-likeness (QED) is 0.840. The van der Waals surface area contributed by atoms with Gasteiger partial charge in [-0.25, -0.2) is 9.97 Å². The molecule has 0 aliphatic heterocycles. The van der Waals surface area contributed by atoms with Gasteiger partial charge in [-0.05, 0) is 12.3 Å².